The summed E-state index contributed by atoms with van der Waals surface area (Å²) >= 11 is 0. The number of anilines is 2. The van der Waals surface area contributed by atoms with Gasteiger partial charge in [0.05, 0.1) is 57.9 Å². The maximum atomic E-state index is 13.5. The van der Waals surface area contributed by atoms with Crippen molar-refractivity contribution >= 4 is 22.9 Å². The van der Waals surface area contributed by atoms with Gasteiger partial charge in [-0.2, -0.15) is 0 Å². The van der Waals surface area contributed by atoms with Crippen LogP contribution in [0.25, 0.3) is 0 Å². The molecule has 0 fully saturated rings. The molecule has 0 saturated carbocycles. The van der Waals surface area contributed by atoms with Crippen molar-refractivity contribution in [3.05, 3.63) is 52.6 Å². The van der Waals surface area contributed by atoms with Crippen molar-refractivity contribution in [3.63, 3.8) is 0 Å². The Hall–Kier alpha value is -2.98. The minimum Gasteiger partial charge on any atom is -0.497 e. The molecule has 32 heavy (non-hydrogen) atoms. The van der Waals surface area contributed by atoms with Gasteiger partial charge < -0.3 is 35.1 Å². The molecule has 9 nitrogen and oxygen atoms in total. The largest absolute Gasteiger partial charge is 0.497 e. The summed E-state index contributed by atoms with van der Waals surface area (Å²) < 4.78 is 15.8. The normalized spacial score (nSPS) is 12.3. The number of carbonyl (C=O) groups is 2. The van der Waals surface area contributed by atoms with Gasteiger partial charge in [-0.1, -0.05) is 0 Å². The zero-order valence-electron chi connectivity index (χ0n) is 18.0. The van der Waals surface area contributed by atoms with E-state index in [9.17, 15) is 9.59 Å². The Morgan fingerprint density at radius 3 is 1.78 bits per heavy atom. The van der Waals surface area contributed by atoms with E-state index in [2.05, 4.69) is 10.6 Å². The summed E-state index contributed by atoms with van der Waals surface area (Å²) in [5, 5.41) is 24.0. The number of benzene rings is 2. The second-order valence-electron chi connectivity index (χ2n) is 7.01. The van der Waals surface area contributed by atoms with Crippen molar-refractivity contribution in [2.75, 3.05) is 70.5 Å². The Morgan fingerprint density at radius 2 is 1.28 bits per heavy atom. The van der Waals surface area contributed by atoms with Crippen LogP contribution in [0.1, 0.15) is 31.8 Å². The van der Waals surface area contributed by atoms with Crippen LogP contribution in [0.4, 0.5) is 11.4 Å². The third kappa shape index (κ3) is 5.25. The van der Waals surface area contributed by atoms with Crippen LogP contribution in [0.3, 0.4) is 0 Å². The molecule has 1 aliphatic carbocycles. The first-order chi connectivity index (χ1) is 15.6. The van der Waals surface area contributed by atoms with Gasteiger partial charge in [0.25, 0.3) is 0 Å². The van der Waals surface area contributed by atoms with Gasteiger partial charge in [-0.3, -0.25) is 9.59 Å². The number of hydrogen-bond acceptors (Lipinski definition) is 9. The molecule has 0 amide bonds. The molecule has 0 aliphatic heterocycles. The monoisotopic (exact) mass is 444 g/mol. The zero-order valence-corrected chi connectivity index (χ0v) is 18.0. The van der Waals surface area contributed by atoms with E-state index in [1.807, 2.05) is 0 Å². The molecule has 0 atom stereocenters. The van der Waals surface area contributed by atoms with Crippen molar-refractivity contribution < 1.29 is 34.0 Å². The lowest BCUT2D eigenvalue weighted by atomic mass is 9.82. The first-order valence-corrected chi connectivity index (χ1v) is 10.4. The molecule has 2 aromatic rings. The molecular formula is C23H28N2O7. The predicted octanol–water partition coefficient (Wildman–Crippen LogP) is 1.31. The SMILES string of the molecule is COc1ccc2c(c1)C(=O)c1c(NCCOCCO)ccc(NCCOCCO)c1C2=O. The molecule has 0 bridgehead atoms. The molecule has 0 unspecified atom stereocenters. The average Bonchev–Trinajstić information content (AvgIpc) is 2.82. The lowest BCUT2D eigenvalue weighted by Crippen LogP contribution is -2.25. The van der Waals surface area contributed by atoms with E-state index >= 15 is 0 Å². The van der Waals surface area contributed by atoms with Crippen molar-refractivity contribution in [3.8, 4) is 5.75 Å². The van der Waals surface area contributed by atoms with E-state index in [0.29, 0.717) is 65.7 Å². The van der Waals surface area contributed by atoms with Gasteiger partial charge in [0.1, 0.15) is 5.75 Å². The summed E-state index contributed by atoms with van der Waals surface area (Å²) in [5.74, 6) is -0.0285. The highest BCUT2D eigenvalue weighted by atomic mass is 16.5. The number of methoxy groups -OCH3 is 1. The maximum Gasteiger partial charge on any atom is 0.196 e. The number of ether oxygens (including phenoxy) is 3. The molecule has 3 rings (SSSR count). The molecule has 1 aliphatic rings. The lowest BCUT2D eigenvalue weighted by Gasteiger charge is -2.24. The third-order valence-electron chi connectivity index (χ3n) is 4.97. The molecule has 4 N–H and O–H groups in total. The summed E-state index contributed by atoms with van der Waals surface area (Å²) in [6.07, 6.45) is 0. The van der Waals surface area contributed by atoms with Crippen molar-refractivity contribution in [1.29, 1.82) is 0 Å². The first-order valence-electron chi connectivity index (χ1n) is 10.4. The van der Waals surface area contributed by atoms with E-state index < -0.39 is 0 Å². The quantitative estimate of drug-likeness (QED) is 0.289. The van der Waals surface area contributed by atoms with Crippen molar-refractivity contribution in [2.24, 2.45) is 0 Å². The Balaban J connectivity index is 1.93. The van der Waals surface area contributed by atoms with Gasteiger partial charge in [0.15, 0.2) is 11.6 Å². The van der Waals surface area contributed by atoms with Gasteiger partial charge in [-0.25, -0.2) is 0 Å². The maximum absolute atomic E-state index is 13.5. The highest BCUT2D eigenvalue weighted by Gasteiger charge is 2.34. The topological polar surface area (TPSA) is 126 Å². The van der Waals surface area contributed by atoms with Crippen LogP contribution in [0.5, 0.6) is 5.75 Å². The van der Waals surface area contributed by atoms with Crippen LogP contribution in [0, 0.1) is 0 Å². The number of carbonyl (C=O) groups excluding carboxylic acids is 2. The summed E-state index contributed by atoms with van der Waals surface area (Å²) in [6.45, 7) is 1.82. The highest BCUT2D eigenvalue weighted by molar-refractivity contribution is 6.32. The smallest absolute Gasteiger partial charge is 0.196 e. The van der Waals surface area contributed by atoms with E-state index in [0.717, 1.165) is 0 Å². The van der Waals surface area contributed by atoms with E-state index in [1.54, 1.807) is 30.3 Å². The fourth-order valence-electron chi connectivity index (χ4n) is 3.52. The number of rotatable bonds is 13. The van der Waals surface area contributed by atoms with Gasteiger partial charge in [-0.15, -0.1) is 0 Å². The summed E-state index contributed by atoms with van der Waals surface area (Å²) in [7, 11) is 1.51. The molecule has 0 saturated heterocycles. The standard InChI is InChI=1S/C23H28N2O7/c1-30-15-2-3-16-17(14-15)23(29)21-19(25-7-11-32-13-9-27)5-4-18(20(21)22(16)28)24-6-10-31-12-8-26/h2-5,14,24-27H,6-13H2,1H3. The molecule has 0 aromatic heterocycles. The second kappa shape index (κ2) is 11.6. The fraction of sp³-hybridized carbons (Fsp3) is 0.391. The zero-order chi connectivity index (χ0) is 22.9. The van der Waals surface area contributed by atoms with Gasteiger partial charge in [-0.05, 0) is 30.3 Å². The number of aliphatic hydroxyl groups excluding tert-OH is 2. The van der Waals surface area contributed by atoms with Crippen LogP contribution in [-0.4, -0.2) is 81.6 Å². The Bertz CT molecular complexity index is 962. The predicted molar refractivity (Wildman–Crippen MR) is 119 cm³/mol. The Labute approximate surface area is 186 Å². The number of aliphatic hydroxyl groups is 2. The number of nitrogens with one attached hydrogen (secondary N) is 2. The molecule has 2 aromatic carbocycles. The Kier molecular flexibility index (Phi) is 8.57. The molecular weight excluding hydrogens is 416 g/mol. The van der Waals surface area contributed by atoms with Crippen LogP contribution in [0.2, 0.25) is 0 Å². The van der Waals surface area contributed by atoms with Crippen LogP contribution in [0.15, 0.2) is 30.3 Å². The van der Waals surface area contributed by atoms with E-state index in [-0.39, 0.29) is 38.0 Å². The van der Waals surface area contributed by atoms with E-state index in [4.69, 9.17) is 24.4 Å². The third-order valence-corrected chi connectivity index (χ3v) is 4.97. The number of hydrogen-bond donors (Lipinski definition) is 4. The second-order valence-corrected chi connectivity index (χ2v) is 7.01. The number of fused-ring (bicyclic) bond motifs is 2. The van der Waals surface area contributed by atoms with Gasteiger partial charge in [0, 0.05) is 35.6 Å². The molecule has 172 valence electrons. The van der Waals surface area contributed by atoms with Gasteiger partial charge in [0.2, 0.25) is 0 Å². The van der Waals surface area contributed by atoms with E-state index in [1.165, 1.54) is 7.11 Å². The minimum absolute atomic E-state index is 0.0645. The van der Waals surface area contributed by atoms with Crippen LogP contribution in [-0.2, 0) is 9.47 Å². The Morgan fingerprint density at radius 1 is 0.750 bits per heavy atom. The van der Waals surface area contributed by atoms with Crippen LogP contribution < -0.4 is 15.4 Å². The highest BCUT2D eigenvalue weighted by Crippen LogP contribution is 2.37. The van der Waals surface area contributed by atoms with Crippen LogP contribution >= 0.6 is 0 Å². The average molecular weight is 444 g/mol. The fourth-order valence-corrected chi connectivity index (χ4v) is 3.52. The molecule has 0 spiro atoms. The molecule has 9 heteroatoms. The number of ketones is 2. The first kappa shape index (κ1) is 23.7. The van der Waals surface area contributed by atoms with Gasteiger partial charge >= 0.3 is 0 Å². The summed E-state index contributed by atoms with van der Waals surface area (Å²) in [5.41, 5.74) is 2.28. The van der Waals surface area contributed by atoms with Crippen molar-refractivity contribution in [2.45, 2.75) is 0 Å². The summed E-state index contributed by atoms with van der Waals surface area (Å²) in [6, 6.07) is 8.34. The van der Waals surface area contributed by atoms with Crippen molar-refractivity contribution in [1.82, 2.24) is 0 Å². The minimum atomic E-state index is -0.271. The molecule has 0 radical (unpaired) electrons. The molecule has 0 heterocycles. The lowest BCUT2D eigenvalue weighted by molar-refractivity contribution is 0.0975. The summed E-state index contributed by atoms with van der Waals surface area (Å²) in [4.78, 5) is 26.9.